The number of benzene rings is 3. The van der Waals surface area contributed by atoms with Crippen LogP contribution in [0.2, 0.25) is 0 Å². The average molecular weight is 547 g/mol. The Morgan fingerprint density at radius 2 is 1.19 bits per heavy atom. The first-order valence-electron chi connectivity index (χ1n) is 10.2. The highest BCUT2D eigenvalue weighted by Gasteiger charge is 2.30. The molecule has 0 aliphatic rings. The van der Waals surface area contributed by atoms with Crippen LogP contribution >= 0.6 is 31.9 Å². The van der Waals surface area contributed by atoms with Gasteiger partial charge in [0.25, 0.3) is 0 Å². The molecule has 0 radical (unpaired) electrons. The fraction of sp³-hybridized carbons (Fsp3) is 0.0385. The topological polar surface area (TPSA) is 64.4 Å². The number of H-pyrrole nitrogens is 3. The third-order valence-corrected chi connectivity index (χ3v) is 7.08. The smallest absolute Gasteiger partial charge is 0.177 e. The Balaban J connectivity index is 1.63. The Morgan fingerprint density at radius 1 is 0.656 bits per heavy atom. The van der Waals surface area contributed by atoms with Gasteiger partial charge in [-0.3, -0.25) is 4.79 Å². The molecule has 4 nitrogen and oxygen atoms in total. The van der Waals surface area contributed by atoms with Crippen molar-refractivity contribution < 1.29 is 4.79 Å². The molecule has 0 unspecified atom stereocenters. The molecule has 0 saturated carbocycles. The molecular formula is C26H17Br2N3O. The van der Waals surface area contributed by atoms with Crippen molar-refractivity contribution in [2.24, 2.45) is 0 Å². The van der Waals surface area contributed by atoms with Crippen molar-refractivity contribution in [2.45, 2.75) is 5.92 Å². The van der Waals surface area contributed by atoms with Crippen molar-refractivity contribution in [1.29, 1.82) is 0 Å². The maximum atomic E-state index is 14.2. The summed E-state index contributed by atoms with van der Waals surface area (Å²) in [5.74, 6) is -0.412. The number of hydrogen-bond acceptors (Lipinski definition) is 1. The highest BCUT2D eigenvalue weighted by atomic mass is 79.9. The maximum absolute atomic E-state index is 14.2. The Morgan fingerprint density at radius 3 is 1.81 bits per heavy atom. The van der Waals surface area contributed by atoms with Crippen molar-refractivity contribution in [3.63, 3.8) is 0 Å². The lowest BCUT2D eigenvalue weighted by Gasteiger charge is -2.16. The van der Waals surface area contributed by atoms with E-state index in [1.165, 1.54) is 0 Å². The predicted octanol–water partition coefficient (Wildman–Crippen LogP) is 7.67. The van der Waals surface area contributed by atoms with E-state index in [0.29, 0.717) is 5.56 Å². The number of fused-ring (bicyclic) bond motifs is 3. The lowest BCUT2D eigenvalue weighted by molar-refractivity contribution is 0.0976. The SMILES string of the molecule is O=C(c1c[nH]c2ccccc12)C(c1c[nH]c2ccc(Br)cc12)c1c[nH]c2ccc(Br)cc12. The van der Waals surface area contributed by atoms with E-state index in [1.54, 1.807) is 0 Å². The quantitative estimate of drug-likeness (QED) is 0.195. The van der Waals surface area contributed by atoms with Crippen LogP contribution in [0, 0.1) is 0 Å². The number of carbonyl (C=O) groups excluding carboxylic acids is 1. The highest BCUT2D eigenvalue weighted by molar-refractivity contribution is 9.10. The molecule has 0 bridgehead atoms. The van der Waals surface area contributed by atoms with Gasteiger partial charge in [-0.1, -0.05) is 50.1 Å². The van der Waals surface area contributed by atoms with E-state index < -0.39 is 5.92 Å². The summed E-state index contributed by atoms with van der Waals surface area (Å²) in [6.45, 7) is 0. The molecule has 3 N–H and O–H groups in total. The van der Waals surface area contributed by atoms with Gasteiger partial charge in [0, 0.05) is 65.8 Å². The van der Waals surface area contributed by atoms with Crippen LogP contribution in [0.25, 0.3) is 32.7 Å². The normalized spacial score (nSPS) is 11.8. The van der Waals surface area contributed by atoms with Gasteiger partial charge in [0.1, 0.15) is 0 Å². The summed E-state index contributed by atoms with van der Waals surface area (Å²) in [4.78, 5) is 24.2. The molecule has 3 heterocycles. The fourth-order valence-corrected chi connectivity index (χ4v) is 5.31. The van der Waals surface area contributed by atoms with E-state index in [2.05, 4.69) is 58.9 Å². The minimum absolute atomic E-state index is 0.0594. The third kappa shape index (κ3) is 3.05. The van der Waals surface area contributed by atoms with Gasteiger partial charge in [0.05, 0.1) is 5.92 Å². The zero-order valence-electron chi connectivity index (χ0n) is 16.7. The summed E-state index contributed by atoms with van der Waals surface area (Å²) in [6.07, 6.45) is 5.76. The molecule has 3 aromatic heterocycles. The van der Waals surface area contributed by atoms with Gasteiger partial charge in [-0.2, -0.15) is 0 Å². The summed E-state index contributed by atoms with van der Waals surface area (Å²) >= 11 is 7.18. The number of aromatic nitrogens is 3. The number of Topliss-reactive ketones (excluding diaryl/α,β-unsaturated/α-hetero) is 1. The summed E-state index contributed by atoms with van der Waals surface area (Å²) in [5.41, 5.74) is 5.56. The van der Waals surface area contributed by atoms with Gasteiger partial charge in [-0.25, -0.2) is 0 Å². The number of carbonyl (C=O) groups is 1. The largest absolute Gasteiger partial charge is 0.361 e. The number of hydrogen-bond donors (Lipinski definition) is 3. The monoisotopic (exact) mass is 545 g/mol. The molecule has 0 fully saturated rings. The van der Waals surface area contributed by atoms with Crippen LogP contribution in [0.3, 0.4) is 0 Å². The van der Waals surface area contributed by atoms with E-state index in [4.69, 9.17) is 0 Å². The molecule has 32 heavy (non-hydrogen) atoms. The minimum Gasteiger partial charge on any atom is -0.361 e. The van der Waals surface area contributed by atoms with Crippen molar-refractivity contribution >= 4 is 70.4 Å². The van der Waals surface area contributed by atoms with Crippen LogP contribution in [0.4, 0.5) is 0 Å². The molecule has 6 aromatic rings. The summed E-state index contributed by atoms with van der Waals surface area (Å²) < 4.78 is 1.96. The van der Waals surface area contributed by atoms with Gasteiger partial charge in [-0.05, 0) is 53.6 Å². The van der Waals surface area contributed by atoms with E-state index in [1.807, 2.05) is 67.1 Å². The van der Waals surface area contributed by atoms with Gasteiger partial charge < -0.3 is 15.0 Å². The van der Waals surface area contributed by atoms with Crippen molar-refractivity contribution in [1.82, 2.24) is 15.0 Å². The number of nitrogens with one attached hydrogen (secondary N) is 3. The zero-order valence-corrected chi connectivity index (χ0v) is 19.9. The second-order valence-corrected chi connectivity index (χ2v) is 9.74. The van der Waals surface area contributed by atoms with Crippen LogP contribution in [-0.4, -0.2) is 20.7 Å². The lowest BCUT2D eigenvalue weighted by Crippen LogP contribution is -2.14. The number of aromatic amines is 3. The summed E-state index contributed by atoms with van der Waals surface area (Å²) in [7, 11) is 0. The van der Waals surface area contributed by atoms with Crippen molar-refractivity contribution in [3.8, 4) is 0 Å². The second kappa shape index (κ2) is 7.50. The average Bonchev–Trinajstić information content (AvgIpc) is 3.51. The van der Waals surface area contributed by atoms with Crippen LogP contribution in [0.1, 0.15) is 27.4 Å². The molecule has 156 valence electrons. The van der Waals surface area contributed by atoms with Crippen molar-refractivity contribution in [2.75, 3.05) is 0 Å². The van der Waals surface area contributed by atoms with E-state index in [0.717, 1.165) is 52.8 Å². The fourth-order valence-electron chi connectivity index (χ4n) is 4.59. The summed E-state index contributed by atoms with van der Waals surface area (Å²) in [5, 5.41) is 2.99. The Kier molecular flexibility index (Phi) is 4.59. The first-order chi connectivity index (χ1) is 15.6. The molecular weight excluding hydrogens is 530 g/mol. The molecule has 3 aromatic carbocycles. The third-order valence-electron chi connectivity index (χ3n) is 6.09. The Bertz CT molecular complexity index is 1560. The van der Waals surface area contributed by atoms with E-state index >= 15 is 0 Å². The van der Waals surface area contributed by atoms with E-state index in [-0.39, 0.29) is 5.78 Å². The lowest BCUT2D eigenvalue weighted by atomic mass is 9.84. The predicted molar refractivity (Wildman–Crippen MR) is 136 cm³/mol. The molecule has 6 rings (SSSR count). The van der Waals surface area contributed by atoms with Gasteiger partial charge >= 0.3 is 0 Å². The maximum Gasteiger partial charge on any atom is 0.177 e. The molecule has 0 amide bonds. The highest BCUT2D eigenvalue weighted by Crippen LogP contribution is 2.39. The number of ketones is 1. The van der Waals surface area contributed by atoms with Gasteiger partial charge in [0.2, 0.25) is 0 Å². The molecule has 6 heteroatoms. The van der Waals surface area contributed by atoms with Crippen LogP contribution in [0.5, 0.6) is 0 Å². The standard InChI is InChI=1S/C26H17Br2N3O/c27-14-5-7-23-17(9-14)19(11-29-23)25(20-12-30-24-8-6-15(28)10-18(20)24)26(32)21-13-31-22-4-2-1-3-16(21)22/h1-13,25,29-31H. The summed E-state index contributed by atoms with van der Waals surface area (Å²) in [6, 6.07) is 20.1. The Labute approximate surface area is 200 Å². The molecule has 0 saturated heterocycles. The zero-order chi connectivity index (χ0) is 21.8. The Hall–Kier alpha value is -3.09. The van der Waals surface area contributed by atoms with Crippen LogP contribution < -0.4 is 0 Å². The molecule has 0 aliphatic heterocycles. The van der Waals surface area contributed by atoms with Gasteiger partial charge in [0.15, 0.2) is 5.78 Å². The number of para-hydroxylation sites is 1. The molecule has 0 atom stereocenters. The second-order valence-electron chi connectivity index (χ2n) is 7.91. The number of rotatable bonds is 4. The first-order valence-corrected chi connectivity index (χ1v) is 11.8. The number of halogens is 2. The van der Waals surface area contributed by atoms with Crippen LogP contribution in [-0.2, 0) is 0 Å². The first kappa shape index (κ1) is 19.6. The van der Waals surface area contributed by atoms with Crippen molar-refractivity contribution in [3.05, 3.63) is 105 Å². The van der Waals surface area contributed by atoms with E-state index in [9.17, 15) is 4.79 Å². The molecule has 0 aliphatic carbocycles. The minimum atomic E-state index is -0.472. The molecule has 0 spiro atoms. The van der Waals surface area contributed by atoms with Gasteiger partial charge in [-0.15, -0.1) is 0 Å². The van der Waals surface area contributed by atoms with Crippen LogP contribution in [0.15, 0.2) is 88.2 Å².